The molecule has 11 nitrogen and oxygen atoms in total. The Morgan fingerprint density at radius 2 is 2.07 bits per heavy atom. The lowest BCUT2D eigenvalue weighted by Gasteiger charge is -2.35. The molecule has 1 aromatic rings. The van der Waals surface area contributed by atoms with E-state index < -0.39 is 10.0 Å². The molecule has 0 spiro atoms. The number of nitrogens with zero attached hydrogens (tertiary/aromatic N) is 2. The first kappa shape index (κ1) is 23.4. The van der Waals surface area contributed by atoms with Crippen molar-refractivity contribution in [1.82, 2.24) is 10.9 Å². The maximum absolute atomic E-state index is 12.0. The van der Waals surface area contributed by atoms with Gasteiger partial charge in [-0.2, -0.15) is 0 Å². The Bertz CT molecular complexity index is 869. The van der Waals surface area contributed by atoms with Crippen molar-refractivity contribution in [2.45, 2.75) is 36.0 Å². The predicted molar refractivity (Wildman–Crippen MR) is 114 cm³/mol. The molecule has 0 radical (unpaired) electrons. The van der Waals surface area contributed by atoms with Gasteiger partial charge in [-0.1, -0.05) is 6.92 Å². The maximum atomic E-state index is 12.0. The van der Waals surface area contributed by atoms with Crippen LogP contribution in [0.5, 0.6) is 0 Å². The zero-order chi connectivity index (χ0) is 21.7. The van der Waals surface area contributed by atoms with Crippen LogP contribution in [0.2, 0.25) is 0 Å². The van der Waals surface area contributed by atoms with E-state index in [0.717, 1.165) is 32.4 Å². The lowest BCUT2D eigenvalue weighted by Crippen LogP contribution is -2.38. The molecular formula is C16H28N8O3S2. The van der Waals surface area contributed by atoms with Crippen LogP contribution >= 0.6 is 11.9 Å². The number of nitrogens with one attached hydrogen (secondary N) is 2. The summed E-state index contributed by atoms with van der Waals surface area (Å²) in [6.45, 7) is 4.47. The number of carbonyl (C=O) groups is 1. The maximum Gasteiger partial charge on any atom is 0.239 e. The molecule has 1 aliphatic rings. The van der Waals surface area contributed by atoms with Crippen molar-refractivity contribution in [2.75, 3.05) is 24.5 Å². The number of piperidine rings is 1. The third-order valence-electron chi connectivity index (χ3n) is 5.17. The molecule has 1 aromatic carbocycles. The molecule has 1 heterocycles. The molecule has 29 heavy (non-hydrogen) atoms. The van der Waals surface area contributed by atoms with Crippen molar-refractivity contribution < 1.29 is 13.2 Å². The molecule has 162 valence electrons. The van der Waals surface area contributed by atoms with Crippen molar-refractivity contribution >= 4 is 39.9 Å². The van der Waals surface area contributed by atoms with E-state index in [1.807, 2.05) is 0 Å². The van der Waals surface area contributed by atoms with Gasteiger partial charge in [0.05, 0.1) is 21.0 Å². The smallest absolute Gasteiger partial charge is 0.239 e. The Morgan fingerprint density at radius 1 is 1.41 bits per heavy atom. The first-order chi connectivity index (χ1) is 13.7. The fourth-order valence-corrected chi connectivity index (χ4v) is 5.03. The van der Waals surface area contributed by atoms with Gasteiger partial charge in [-0.05, 0) is 61.8 Å². The number of amides is 1. The van der Waals surface area contributed by atoms with E-state index in [9.17, 15) is 13.2 Å². The number of carbonyl (C=O) groups excluding carboxylic acids is 1. The Kier molecular flexibility index (Phi) is 7.85. The number of rotatable bonds is 9. The monoisotopic (exact) mass is 444 g/mol. The van der Waals surface area contributed by atoms with Crippen molar-refractivity contribution in [3.63, 3.8) is 0 Å². The number of primary sulfonamides is 1. The topological polar surface area (TPSA) is 195 Å². The fraction of sp³-hybridized carbons (Fsp3) is 0.500. The highest BCUT2D eigenvalue weighted by molar-refractivity contribution is 7.98. The first-order valence-electron chi connectivity index (χ1n) is 8.95. The van der Waals surface area contributed by atoms with Crippen LogP contribution in [0.25, 0.3) is 0 Å². The number of hydrogen-bond donors (Lipinski definition) is 6. The van der Waals surface area contributed by atoms with Crippen LogP contribution in [0, 0.1) is 5.41 Å². The lowest BCUT2D eigenvalue weighted by atomic mass is 9.78. The molecule has 0 aliphatic carbocycles. The van der Waals surface area contributed by atoms with Crippen LogP contribution in [0.3, 0.4) is 0 Å². The summed E-state index contributed by atoms with van der Waals surface area (Å²) in [4.78, 5) is 13.2. The van der Waals surface area contributed by atoms with E-state index in [1.165, 1.54) is 17.0 Å². The minimum atomic E-state index is -4.08. The number of hydrogen-bond acceptors (Lipinski definition) is 9. The largest absolute Gasteiger partial charge is 0.382 e. The summed E-state index contributed by atoms with van der Waals surface area (Å²) in [5, 5.41) is 18.1. The number of benzene rings is 1. The summed E-state index contributed by atoms with van der Waals surface area (Å²) in [6, 6.07) is 2.77. The predicted octanol–water partition coefficient (Wildman–Crippen LogP) is -0.874. The molecule has 1 fully saturated rings. The summed E-state index contributed by atoms with van der Waals surface area (Å²) in [5.74, 6) is 5.10. The number of nitrogens with two attached hydrogens (primary N) is 4. The van der Waals surface area contributed by atoms with Gasteiger partial charge in [0.15, 0.2) is 5.84 Å². The molecule has 0 saturated carbocycles. The molecule has 2 rings (SSSR count). The molecule has 10 N–H and O–H groups in total. The molecule has 1 amide bonds. The zero-order valence-electron chi connectivity index (χ0n) is 16.2. The Morgan fingerprint density at radius 3 is 2.59 bits per heavy atom. The van der Waals surface area contributed by atoms with E-state index in [4.69, 9.17) is 21.9 Å². The van der Waals surface area contributed by atoms with Crippen LogP contribution < -0.4 is 37.6 Å². The minimum Gasteiger partial charge on any atom is -0.382 e. The highest BCUT2D eigenvalue weighted by Gasteiger charge is 2.29. The quantitative estimate of drug-likeness (QED) is 0.0700. The lowest BCUT2D eigenvalue weighted by molar-refractivity contribution is -0.107. The molecule has 0 bridgehead atoms. The van der Waals surface area contributed by atoms with Crippen molar-refractivity contribution in [1.29, 1.82) is 0 Å². The molecular weight excluding hydrogens is 416 g/mol. The first-order valence-corrected chi connectivity index (χ1v) is 11.4. The summed E-state index contributed by atoms with van der Waals surface area (Å²) in [7, 11) is -4.08. The second-order valence-corrected chi connectivity index (χ2v) is 9.36. The fourth-order valence-electron chi connectivity index (χ4n) is 3.41. The van der Waals surface area contributed by atoms with Gasteiger partial charge in [-0.15, -0.1) is 5.10 Å². The van der Waals surface area contributed by atoms with E-state index in [0.29, 0.717) is 30.6 Å². The van der Waals surface area contributed by atoms with Gasteiger partial charge in [0.2, 0.25) is 16.4 Å². The standard InChI is InChI=1S/C16H28N8O3S2/c1-16(4-7-21-8-5-16)6-9-24(10-25)11-2-3-12(29(20,26)27)14(28-19)13(11)15(17)22-23-18/h2-3,10,21,23H,4-9,18-19H2,1H3,(H2,17,22)(H2,20,26,27). The Balaban J connectivity index is 2.50. The normalized spacial score (nSPS) is 17.0. The number of sulfonamides is 1. The summed E-state index contributed by atoms with van der Waals surface area (Å²) in [6.07, 6.45) is 3.44. The number of hydrazone groups is 1. The van der Waals surface area contributed by atoms with Gasteiger partial charge in [-0.3, -0.25) is 9.93 Å². The van der Waals surface area contributed by atoms with Crippen LogP contribution in [0.15, 0.2) is 27.0 Å². The molecule has 13 heteroatoms. The Hall–Kier alpha value is -1.90. The third-order valence-corrected chi connectivity index (χ3v) is 6.91. The highest BCUT2D eigenvalue weighted by atomic mass is 32.2. The van der Waals surface area contributed by atoms with Crippen LogP contribution in [0.1, 0.15) is 31.7 Å². The molecule has 0 unspecified atom stereocenters. The summed E-state index contributed by atoms with van der Waals surface area (Å²) in [5.41, 5.74) is 8.71. The van der Waals surface area contributed by atoms with Gasteiger partial charge in [-0.25, -0.2) is 24.9 Å². The van der Waals surface area contributed by atoms with Crippen molar-refractivity contribution in [2.24, 2.45) is 32.4 Å². The van der Waals surface area contributed by atoms with Gasteiger partial charge in [0.25, 0.3) is 0 Å². The van der Waals surface area contributed by atoms with E-state index >= 15 is 0 Å². The van der Waals surface area contributed by atoms with Crippen LogP contribution in [0.4, 0.5) is 5.69 Å². The number of amidine groups is 1. The average Bonchev–Trinajstić information content (AvgIpc) is 2.67. The molecule has 1 aliphatic heterocycles. The van der Waals surface area contributed by atoms with Gasteiger partial charge in [0.1, 0.15) is 0 Å². The van der Waals surface area contributed by atoms with Crippen molar-refractivity contribution in [3.05, 3.63) is 17.7 Å². The average molecular weight is 445 g/mol. The van der Waals surface area contributed by atoms with Gasteiger partial charge < -0.3 is 16.0 Å². The number of hydrazine groups is 1. The number of anilines is 1. The Labute approximate surface area is 174 Å². The van der Waals surface area contributed by atoms with Gasteiger partial charge in [0, 0.05) is 6.54 Å². The van der Waals surface area contributed by atoms with Crippen LogP contribution in [-0.2, 0) is 14.8 Å². The molecule has 0 atom stereocenters. The van der Waals surface area contributed by atoms with E-state index in [-0.39, 0.29) is 26.6 Å². The highest BCUT2D eigenvalue weighted by Crippen LogP contribution is 2.36. The van der Waals surface area contributed by atoms with Crippen LogP contribution in [-0.4, -0.2) is 40.3 Å². The summed E-state index contributed by atoms with van der Waals surface area (Å²) >= 11 is 0.651. The van der Waals surface area contributed by atoms with Crippen molar-refractivity contribution in [3.8, 4) is 0 Å². The second kappa shape index (κ2) is 9.73. The third kappa shape index (κ3) is 5.58. The summed E-state index contributed by atoms with van der Waals surface area (Å²) < 4.78 is 23.9. The SMILES string of the molecule is CC1(CCN(C=O)c2ccc(S(N)(=O)=O)c(SN)c2/C(N)=N/NN)CCNCC1. The van der Waals surface area contributed by atoms with Gasteiger partial charge >= 0.3 is 0 Å². The zero-order valence-corrected chi connectivity index (χ0v) is 17.9. The second-order valence-electron chi connectivity index (χ2n) is 7.19. The minimum absolute atomic E-state index is 0.0847. The van der Waals surface area contributed by atoms with E-state index in [2.05, 4.69) is 22.9 Å². The van der Waals surface area contributed by atoms with E-state index in [1.54, 1.807) is 0 Å². The molecule has 0 aromatic heterocycles. The molecule has 1 saturated heterocycles.